The van der Waals surface area contributed by atoms with Crippen LogP contribution in [0.2, 0.25) is 0 Å². The van der Waals surface area contributed by atoms with Crippen LogP contribution in [0, 0.1) is 0 Å². The number of hydrogen-bond acceptors (Lipinski definition) is 2. The van der Waals surface area contributed by atoms with Crippen molar-refractivity contribution in [2.24, 2.45) is 0 Å². The molecule has 0 bridgehead atoms. The number of ether oxygens (including phenoxy) is 1. The Morgan fingerprint density at radius 2 is 2.29 bits per heavy atom. The number of rotatable bonds is 0. The molecule has 0 N–H and O–H groups in total. The highest BCUT2D eigenvalue weighted by molar-refractivity contribution is 5.92. The molecule has 14 heavy (non-hydrogen) atoms. The molecule has 0 amide bonds. The number of esters is 1. The second kappa shape index (κ2) is 2.84. The maximum Gasteiger partial charge on any atom is 0.338 e. The SMILES string of the molecule is O=C1OCC2CCCc3cccc1c32. The topological polar surface area (TPSA) is 26.3 Å². The van der Waals surface area contributed by atoms with Crippen molar-refractivity contribution >= 4 is 5.97 Å². The van der Waals surface area contributed by atoms with Crippen LogP contribution in [0.15, 0.2) is 18.2 Å². The zero-order valence-corrected chi connectivity index (χ0v) is 7.95. The van der Waals surface area contributed by atoms with E-state index in [4.69, 9.17) is 4.74 Å². The molecular weight excluding hydrogens is 176 g/mol. The van der Waals surface area contributed by atoms with Gasteiger partial charge in [-0.15, -0.1) is 0 Å². The Labute approximate surface area is 82.9 Å². The summed E-state index contributed by atoms with van der Waals surface area (Å²) in [6.07, 6.45) is 3.50. The van der Waals surface area contributed by atoms with Crippen LogP contribution in [-0.4, -0.2) is 12.6 Å². The van der Waals surface area contributed by atoms with E-state index in [0.717, 1.165) is 18.4 Å². The lowest BCUT2D eigenvalue weighted by atomic mass is 9.79. The fourth-order valence-corrected chi connectivity index (χ4v) is 2.60. The van der Waals surface area contributed by atoms with Crippen molar-refractivity contribution in [3.63, 3.8) is 0 Å². The summed E-state index contributed by atoms with van der Waals surface area (Å²) in [5.74, 6) is 0.327. The van der Waals surface area contributed by atoms with Crippen LogP contribution >= 0.6 is 0 Å². The Hall–Kier alpha value is -1.31. The van der Waals surface area contributed by atoms with E-state index >= 15 is 0 Å². The summed E-state index contributed by atoms with van der Waals surface area (Å²) in [4.78, 5) is 11.5. The van der Waals surface area contributed by atoms with Crippen LogP contribution in [0.5, 0.6) is 0 Å². The molecule has 0 radical (unpaired) electrons. The normalized spacial score (nSPS) is 24.0. The Kier molecular flexibility index (Phi) is 1.63. The molecule has 1 atom stereocenters. The van der Waals surface area contributed by atoms with E-state index in [2.05, 4.69) is 6.07 Å². The highest BCUT2D eigenvalue weighted by atomic mass is 16.5. The third-order valence-corrected chi connectivity index (χ3v) is 3.24. The molecule has 0 saturated heterocycles. The number of cyclic esters (lactones) is 1. The van der Waals surface area contributed by atoms with E-state index in [0.29, 0.717) is 12.5 Å². The molecule has 0 fully saturated rings. The zero-order valence-electron chi connectivity index (χ0n) is 7.95. The number of carbonyl (C=O) groups excluding carboxylic acids is 1. The van der Waals surface area contributed by atoms with Gasteiger partial charge in [0.05, 0.1) is 12.2 Å². The lowest BCUT2D eigenvalue weighted by Crippen LogP contribution is -2.26. The summed E-state index contributed by atoms with van der Waals surface area (Å²) >= 11 is 0. The summed E-state index contributed by atoms with van der Waals surface area (Å²) in [6, 6.07) is 5.99. The average molecular weight is 188 g/mol. The van der Waals surface area contributed by atoms with Crippen molar-refractivity contribution in [3.05, 3.63) is 34.9 Å². The predicted molar refractivity (Wildman–Crippen MR) is 52.4 cm³/mol. The first kappa shape index (κ1) is 8.04. The first-order valence-electron chi connectivity index (χ1n) is 5.15. The molecule has 1 aliphatic heterocycles. The van der Waals surface area contributed by atoms with E-state index < -0.39 is 0 Å². The van der Waals surface area contributed by atoms with Crippen molar-refractivity contribution < 1.29 is 9.53 Å². The molecule has 1 aromatic carbocycles. The van der Waals surface area contributed by atoms with Crippen LogP contribution < -0.4 is 0 Å². The molecule has 2 nitrogen and oxygen atoms in total. The van der Waals surface area contributed by atoms with Gasteiger partial charge in [0, 0.05) is 5.92 Å². The number of hydrogen-bond donors (Lipinski definition) is 0. The Morgan fingerprint density at radius 1 is 1.36 bits per heavy atom. The van der Waals surface area contributed by atoms with Crippen LogP contribution in [0.1, 0.15) is 40.2 Å². The molecule has 0 spiro atoms. The third kappa shape index (κ3) is 0.999. The van der Waals surface area contributed by atoms with Crippen LogP contribution in [0.3, 0.4) is 0 Å². The molecule has 3 rings (SSSR count). The van der Waals surface area contributed by atoms with Crippen molar-refractivity contribution in [2.45, 2.75) is 25.2 Å². The Morgan fingerprint density at radius 3 is 3.21 bits per heavy atom. The van der Waals surface area contributed by atoms with Gasteiger partial charge < -0.3 is 4.74 Å². The number of carbonyl (C=O) groups is 1. The average Bonchev–Trinajstić information content (AvgIpc) is 2.24. The van der Waals surface area contributed by atoms with Gasteiger partial charge in [-0.1, -0.05) is 12.1 Å². The molecule has 1 unspecified atom stereocenters. The molecule has 2 heteroatoms. The predicted octanol–water partition coefficient (Wildman–Crippen LogP) is 2.28. The zero-order chi connectivity index (χ0) is 9.54. The fourth-order valence-electron chi connectivity index (χ4n) is 2.60. The summed E-state index contributed by atoms with van der Waals surface area (Å²) in [5, 5.41) is 0. The largest absolute Gasteiger partial charge is 0.461 e. The minimum atomic E-state index is -0.139. The fraction of sp³-hybridized carbons (Fsp3) is 0.417. The van der Waals surface area contributed by atoms with E-state index in [1.54, 1.807) is 0 Å². The second-order valence-corrected chi connectivity index (χ2v) is 4.07. The van der Waals surface area contributed by atoms with Crippen molar-refractivity contribution in [3.8, 4) is 0 Å². The van der Waals surface area contributed by atoms with Crippen molar-refractivity contribution in [2.75, 3.05) is 6.61 Å². The van der Waals surface area contributed by atoms with Gasteiger partial charge in [-0.2, -0.15) is 0 Å². The minimum Gasteiger partial charge on any atom is -0.461 e. The molecule has 2 aliphatic rings. The van der Waals surface area contributed by atoms with E-state index in [9.17, 15) is 4.79 Å². The number of benzene rings is 1. The Bertz CT molecular complexity index is 395. The van der Waals surface area contributed by atoms with Crippen LogP contribution in [0.25, 0.3) is 0 Å². The van der Waals surface area contributed by atoms with Gasteiger partial charge in [0.15, 0.2) is 0 Å². The summed E-state index contributed by atoms with van der Waals surface area (Å²) < 4.78 is 5.16. The highest BCUT2D eigenvalue weighted by Gasteiger charge is 2.30. The maximum atomic E-state index is 11.5. The smallest absolute Gasteiger partial charge is 0.338 e. The standard InChI is InChI=1S/C12H12O2/c13-12-10-6-2-4-8-3-1-5-9(7-14-12)11(8)10/h2,4,6,9H,1,3,5,7H2. The molecule has 72 valence electrons. The van der Waals surface area contributed by atoms with Crippen molar-refractivity contribution in [1.82, 2.24) is 0 Å². The van der Waals surface area contributed by atoms with Crippen LogP contribution in [0.4, 0.5) is 0 Å². The van der Waals surface area contributed by atoms with Crippen LogP contribution in [-0.2, 0) is 11.2 Å². The van der Waals surface area contributed by atoms with Gasteiger partial charge in [0.25, 0.3) is 0 Å². The molecule has 0 saturated carbocycles. The lowest BCUT2D eigenvalue weighted by Gasteiger charge is -2.30. The monoisotopic (exact) mass is 188 g/mol. The minimum absolute atomic E-state index is 0.139. The lowest BCUT2D eigenvalue weighted by molar-refractivity contribution is 0.0429. The van der Waals surface area contributed by atoms with Gasteiger partial charge in [-0.25, -0.2) is 4.79 Å². The van der Waals surface area contributed by atoms with Gasteiger partial charge in [0.1, 0.15) is 0 Å². The molecular formula is C12H12O2. The molecule has 1 aliphatic carbocycles. The quantitative estimate of drug-likeness (QED) is 0.584. The summed E-state index contributed by atoms with van der Waals surface area (Å²) in [5.41, 5.74) is 3.43. The van der Waals surface area contributed by atoms with E-state index in [1.807, 2.05) is 12.1 Å². The first-order chi connectivity index (χ1) is 6.86. The molecule has 1 heterocycles. The van der Waals surface area contributed by atoms with E-state index in [1.165, 1.54) is 17.5 Å². The van der Waals surface area contributed by atoms with E-state index in [-0.39, 0.29) is 5.97 Å². The summed E-state index contributed by atoms with van der Waals surface area (Å²) in [6.45, 7) is 0.586. The second-order valence-electron chi connectivity index (χ2n) is 4.07. The summed E-state index contributed by atoms with van der Waals surface area (Å²) in [7, 11) is 0. The Balaban J connectivity index is 2.24. The first-order valence-corrected chi connectivity index (χ1v) is 5.15. The molecule has 1 aromatic rings. The molecule has 0 aromatic heterocycles. The van der Waals surface area contributed by atoms with Gasteiger partial charge >= 0.3 is 5.97 Å². The third-order valence-electron chi connectivity index (χ3n) is 3.24. The van der Waals surface area contributed by atoms with Gasteiger partial charge in [0.2, 0.25) is 0 Å². The van der Waals surface area contributed by atoms with Crippen molar-refractivity contribution in [1.29, 1.82) is 0 Å². The maximum absolute atomic E-state index is 11.5. The highest BCUT2D eigenvalue weighted by Crippen LogP contribution is 2.37. The van der Waals surface area contributed by atoms with Gasteiger partial charge in [-0.05, 0) is 36.5 Å². The van der Waals surface area contributed by atoms with Gasteiger partial charge in [-0.3, -0.25) is 0 Å². The number of aryl methyl sites for hydroxylation is 1.